The van der Waals surface area contributed by atoms with Gasteiger partial charge in [0.1, 0.15) is 5.60 Å². The molecule has 1 rings (SSSR count). The molecule has 0 radical (unpaired) electrons. The topological polar surface area (TPSA) is 71.4 Å². The van der Waals surface area contributed by atoms with Crippen LogP contribution in [0.5, 0.6) is 0 Å². The number of amides is 1. The summed E-state index contributed by atoms with van der Waals surface area (Å²) in [5.41, 5.74) is 0.626. The van der Waals surface area contributed by atoms with Crippen LogP contribution in [0.3, 0.4) is 0 Å². The summed E-state index contributed by atoms with van der Waals surface area (Å²) in [4.78, 5) is 13.8. The van der Waals surface area contributed by atoms with Crippen LogP contribution in [0.25, 0.3) is 0 Å². The van der Waals surface area contributed by atoms with E-state index in [1.807, 2.05) is 6.07 Å². The first-order valence-electron chi connectivity index (χ1n) is 10.7. The summed E-state index contributed by atoms with van der Waals surface area (Å²) in [7, 11) is -0.340. The number of benzene rings is 1. The van der Waals surface area contributed by atoms with E-state index < -0.39 is 20.0 Å². The molecule has 1 amide bonds. The van der Waals surface area contributed by atoms with E-state index in [9.17, 15) is 10.0 Å². The summed E-state index contributed by atoms with van der Waals surface area (Å²) in [6, 6.07) is 5.33. The molecule has 0 unspecified atom stereocenters. The molecule has 9 heteroatoms. The summed E-state index contributed by atoms with van der Waals surface area (Å²) >= 11 is 12.4. The maximum Gasteiger partial charge on any atom is 0.410 e. The quantitative estimate of drug-likeness (QED) is 0.176. The second-order valence-corrected chi connectivity index (χ2v) is 16.2. The minimum atomic E-state index is -1.95. The number of hydrogen-bond donors (Lipinski definition) is 1. The molecular weight excluding hydrogens is 467 g/mol. The van der Waals surface area contributed by atoms with Gasteiger partial charge in [-0.05, 0) is 63.0 Å². The zero-order valence-electron chi connectivity index (χ0n) is 20.8. The van der Waals surface area contributed by atoms with Gasteiger partial charge in [-0.15, -0.1) is 0 Å². The Labute approximate surface area is 204 Å². The molecule has 0 aromatic heterocycles. The minimum Gasteiger partial charge on any atom is -0.444 e. The first-order chi connectivity index (χ1) is 14.5. The van der Waals surface area contributed by atoms with Crippen molar-refractivity contribution in [1.29, 1.82) is 0 Å². The molecule has 182 valence electrons. The van der Waals surface area contributed by atoms with Crippen LogP contribution in [0.4, 0.5) is 4.79 Å². The van der Waals surface area contributed by atoms with E-state index >= 15 is 0 Å². The highest BCUT2D eigenvalue weighted by atomic mass is 35.5. The fourth-order valence-corrected chi connectivity index (χ4v) is 4.13. The number of halogens is 2. The van der Waals surface area contributed by atoms with Gasteiger partial charge in [-0.3, -0.25) is 0 Å². The maximum absolute atomic E-state index is 12.4. The second-order valence-electron chi connectivity index (χ2n) is 10.6. The number of oxime groups is 1. The molecule has 0 aliphatic carbocycles. The van der Waals surface area contributed by atoms with Gasteiger partial charge in [-0.25, -0.2) is 4.79 Å². The van der Waals surface area contributed by atoms with E-state index in [-0.39, 0.29) is 17.5 Å². The molecule has 1 N–H and O–H groups in total. The van der Waals surface area contributed by atoms with Crippen molar-refractivity contribution in [1.82, 2.24) is 4.90 Å². The first-order valence-corrected chi connectivity index (χ1v) is 14.4. The number of rotatable bonds is 8. The van der Waals surface area contributed by atoms with Crippen molar-refractivity contribution in [3.63, 3.8) is 0 Å². The van der Waals surface area contributed by atoms with Gasteiger partial charge in [-0.1, -0.05) is 55.2 Å². The van der Waals surface area contributed by atoms with Crippen LogP contribution in [0.15, 0.2) is 23.4 Å². The molecule has 0 bridgehead atoms. The molecule has 1 aromatic carbocycles. The zero-order valence-corrected chi connectivity index (χ0v) is 23.3. The van der Waals surface area contributed by atoms with Crippen molar-refractivity contribution >= 4 is 43.3 Å². The van der Waals surface area contributed by atoms with Crippen molar-refractivity contribution in [2.24, 2.45) is 5.16 Å². The summed E-state index contributed by atoms with van der Waals surface area (Å²) in [5.74, 6) is -0.315. The van der Waals surface area contributed by atoms with Gasteiger partial charge in [0.15, 0.2) is 8.32 Å². The lowest BCUT2D eigenvalue weighted by molar-refractivity contribution is 0.0322. The number of carbonyl (C=O) groups excluding carboxylic acids is 1. The Bertz CT molecular complexity index is 817. The Kier molecular flexibility index (Phi) is 10.1. The van der Waals surface area contributed by atoms with Crippen molar-refractivity contribution in [3.05, 3.63) is 33.8 Å². The fourth-order valence-electron chi connectivity index (χ4n) is 2.76. The highest BCUT2D eigenvalue weighted by Crippen LogP contribution is 2.37. The molecule has 0 aliphatic heterocycles. The third-order valence-electron chi connectivity index (χ3n) is 5.66. The minimum absolute atomic E-state index is 0.0803. The molecule has 6 nitrogen and oxygen atoms in total. The number of carbonyl (C=O) groups is 1. The van der Waals surface area contributed by atoms with Crippen LogP contribution in [-0.4, -0.2) is 56.0 Å². The lowest BCUT2D eigenvalue weighted by Gasteiger charge is -2.36. The van der Waals surface area contributed by atoms with Gasteiger partial charge in [0.05, 0.1) is 22.3 Å². The smallest absolute Gasteiger partial charge is 0.410 e. The van der Waals surface area contributed by atoms with Gasteiger partial charge in [0.25, 0.3) is 0 Å². The van der Waals surface area contributed by atoms with Gasteiger partial charge in [0.2, 0.25) is 0 Å². The van der Waals surface area contributed by atoms with E-state index in [4.69, 9.17) is 32.4 Å². The number of hydrogen-bond acceptors (Lipinski definition) is 5. The van der Waals surface area contributed by atoms with Crippen LogP contribution in [0.1, 0.15) is 59.4 Å². The normalized spacial score (nSPS) is 14.3. The highest BCUT2D eigenvalue weighted by Gasteiger charge is 2.37. The average molecular weight is 506 g/mol. The highest BCUT2D eigenvalue weighted by molar-refractivity contribution is 6.74. The van der Waals surface area contributed by atoms with Crippen molar-refractivity contribution in [2.45, 2.75) is 77.6 Å². The van der Waals surface area contributed by atoms with E-state index in [1.54, 1.807) is 40.0 Å². The second kappa shape index (κ2) is 11.2. The molecule has 0 heterocycles. The Balaban J connectivity index is 3.12. The summed E-state index contributed by atoms with van der Waals surface area (Å²) in [6.45, 7) is 16.9. The molecule has 0 saturated carbocycles. The number of ether oxygens (including phenoxy) is 1. The van der Waals surface area contributed by atoms with Crippen molar-refractivity contribution < 1.29 is 19.2 Å². The van der Waals surface area contributed by atoms with Gasteiger partial charge < -0.3 is 19.3 Å². The molecule has 0 aliphatic rings. The molecule has 0 saturated heterocycles. The lowest BCUT2D eigenvalue weighted by Crippen LogP contribution is -2.41. The Morgan fingerprint density at radius 2 is 1.75 bits per heavy atom. The third kappa shape index (κ3) is 8.58. The lowest BCUT2D eigenvalue weighted by atomic mass is 9.91. The molecule has 32 heavy (non-hydrogen) atoms. The van der Waals surface area contributed by atoms with Gasteiger partial charge >= 0.3 is 6.09 Å². The molecular formula is C23H38Cl2N2O4Si. The van der Waals surface area contributed by atoms with Crippen LogP contribution in [-0.2, 0) is 9.16 Å². The van der Waals surface area contributed by atoms with E-state index in [0.717, 1.165) is 5.56 Å². The van der Waals surface area contributed by atoms with Crippen molar-refractivity contribution in [2.75, 3.05) is 20.2 Å². The van der Waals surface area contributed by atoms with E-state index in [1.165, 1.54) is 4.90 Å². The summed E-state index contributed by atoms with van der Waals surface area (Å²) < 4.78 is 11.8. The molecule has 1 atom stereocenters. The van der Waals surface area contributed by atoms with Gasteiger partial charge in [0, 0.05) is 19.6 Å². The molecule has 1 aromatic rings. The van der Waals surface area contributed by atoms with Crippen LogP contribution < -0.4 is 0 Å². The SMILES string of the molecule is CN(C/C(=N/O)[C@@H](CCO[Si](C)(C)C(C)(C)C)c1ccc(Cl)c(Cl)c1)C(=O)OC(C)(C)C. The predicted octanol–water partition coefficient (Wildman–Crippen LogP) is 7.19. The van der Waals surface area contributed by atoms with E-state index in [2.05, 4.69) is 39.0 Å². The Morgan fingerprint density at radius 3 is 2.22 bits per heavy atom. The average Bonchev–Trinajstić information content (AvgIpc) is 2.63. The Morgan fingerprint density at radius 1 is 1.16 bits per heavy atom. The molecule has 0 spiro atoms. The first kappa shape index (κ1) is 28.7. The van der Waals surface area contributed by atoms with Crippen LogP contribution in [0.2, 0.25) is 28.2 Å². The largest absolute Gasteiger partial charge is 0.444 e. The maximum atomic E-state index is 12.4. The third-order valence-corrected chi connectivity index (χ3v) is 10.9. The standard InChI is InChI=1S/C23H38Cl2N2O4Si/c1-22(2,3)31-21(28)27(7)15-20(26-29)17(16-10-11-18(24)19(25)14-16)12-13-30-32(8,9)23(4,5)6/h10-11,14,17,29H,12-13,15H2,1-9H3/b26-20-/t17-/m0/s1. The molecule has 0 fully saturated rings. The zero-order chi connectivity index (χ0) is 24.9. The van der Waals surface area contributed by atoms with Crippen LogP contribution >= 0.6 is 23.2 Å². The summed E-state index contributed by atoms with van der Waals surface area (Å²) in [5, 5.41) is 14.3. The monoisotopic (exact) mass is 504 g/mol. The Hall–Kier alpha value is -1.28. The summed E-state index contributed by atoms with van der Waals surface area (Å²) in [6.07, 6.45) is 0.0653. The van der Waals surface area contributed by atoms with Crippen LogP contribution in [0, 0.1) is 0 Å². The fraction of sp³-hybridized carbons (Fsp3) is 0.652. The van der Waals surface area contributed by atoms with Gasteiger partial charge in [-0.2, -0.15) is 0 Å². The van der Waals surface area contributed by atoms with Crippen molar-refractivity contribution in [3.8, 4) is 0 Å². The number of nitrogens with zero attached hydrogens (tertiary/aromatic N) is 2. The van der Waals surface area contributed by atoms with E-state index in [0.29, 0.717) is 28.8 Å². The predicted molar refractivity (Wildman–Crippen MR) is 135 cm³/mol.